The summed E-state index contributed by atoms with van der Waals surface area (Å²) < 4.78 is 0. The Labute approximate surface area is 120 Å². The molecule has 0 unspecified atom stereocenters. The molecular weight excluding hydrogens is 248 g/mol. The van der Waals surface area contributed by atoms with Gasteiger partial charge < -0.3 is 5.11 Å². The molecule has 0 bridgehead atoms. The minimum Gasteiger partial charge on any atom is -0.386 e. The zero-order valence-electron chi connectivity index (χ0n) is 13.3. The highest BCUT2D eigenvalue weighted by Gasteiger charge is 2.25. The smallest absolute Gasteiger partial charge is 0.0840 e. The number of hydrogen-bond donors (Lipinski definition) is 1. The van der Waals surface area contributed by atoms with Crippen molar-refractivity contribution < 1.29 is 5.11 Å². The van der Waals surface area contributed by atoms with Crippen molar-refractivity contribution in [3.05, 3.63) is 35.4 Å². The Morgan fingerprint density at radius 3 is 1.79 bits per heavy atom. The number of aryl methyl sites for hydroxylation is 1. The molecule has 0 aliphatic rings. The van der Waals surface area contributed by atoms with E-state index in [1.165, 1.54) is 36.2 Å². The molecule has 0 radical (unpaired) electrons. The predicted octanol–water partition coefficient (Wildman–Crippen LogP) is 4.97. The lowest BCUT2D eigenvalue weighted by Gasteiger charge is -2.28. The highest BCUT2D eigenvalue weighted by atomic mass is 28.3. The number of hydrogen-bond acceptors (Lipinski definition) is 1. The van der Waals surface area contributed by atoms with Crippen molar-refractivity contribution in [1.29, 1.82) is 0 Å². The summed E-state index contributed by atoms with van der Waals surface area (Å²) in [6, 6.07) is 14.1. The van der Waals surface area contributed by atoms with Crippen LogP contribution in [0.2, 0.25) is 24.2 Å². The molecule has 1 aromatic rings. The maximum Gasteiger partial charge on any atom is 0.0840 e. The average molecular weight is 279 g/mol. The molecular formula is C17H30OSi. The van der Waals surface area contributed by atoms with Crippen molar-refractivity contribution >= 4 is 8.07 Å². The maximum atomic E-state index is 9.96. The zero-order chi connectivity index (χ0) is 14.5. The normalized spacial score (nSPS) is 12.7. The Kier molecular flexibility index (Phi) is 5.81. The molecule has 0 spiro atoms. The third kappa shape index (κ3) is 4.46. The minimum atomic E-state index is -1.000. The van der Waals surface area contributed by atoms with Crippen LogP contribution in [0.4, 0.5) is 0 Å². The van der Waals surface area contributed by atoms with Gasteiger partial charge in [-0.25, -0.2) is 0 Å². The van der Waals surface area contributed by atoms with Gasteiger partial charge in [-0.05, 0) is 31.4 Å². The van der Waals surface area contributed by atoms with Crippen LogP contribution in [0.25, 0.3) is 0 Å². The standard InChI is InChI=1S/C17H30OSi/c1-6-19(7-2,8-3)14-13-15-9-11-16(12-10-15)17(4,5)18/h9-12,18H,6-8,13-14H2,1-5H3. The maximum absolute atomic E-state index is 9.96. The first-order chi connectivity index (χ1) is 8.87. The van der Waals surface area contributed by atoms with Crippen molar-refractivity contribution in [2.45, 2.75) is 70.8 Å². The van der Waals surface area contributed by atoms with E-state index in [1.54, 1.807) is 0 Å². The van der Waals surface area contributed by atoms with Crippen LogP contribution < -0.4 is 0 Å². The van der Waals surface area contributed by atoms with Crippen LogP contribution in [0, 0.1) is 0 Å². The summed E-state index contributed by atoms with van der Waals surface area (Å²) in [5.74, 6) is 0. The lowest BCUT2D eigenvalue weighted by Crippen LogP contribution is -2.31. The van der Waals surface area contributed by atoms with E-state index >= 15 is 0 Å². The van der Waals surface area contributed by atoms with Gasteiger partial charge in [0.1, 0.15) is 0 Å². The van der Waals surface area contributed by atoms with Gasteiger partial charge in [0.15, 0.2) is 0 Å². The van der Waals surface area contributed by atoms with E-state index in [0.717, 1.165) is 5.56 Å². The Morgan fingerprint density at radius 1 is 0.947 bits per heavy atom. The van der Waals surface area contributed by atoms with Crippen LogP contribution in [0.15, 0.2) is 24.3 Å². The summed E-state index contributed by atoms with van der Waals surface area (Å²) in [5.41, 5.74) is 1.69. The summed E-state index contributed by atoms with van der Waals surface area (Å²) >= 11 is 0. The third-order valence-corrected chi connectivity index (χ3v) is 10.7. The number of benzene rings is 1. The van der Waals surface area contributed by atoms with Crippen molar-refractivity contribution in [1.82, 2.24) is 0 Å². The van der Waals surface area contributed by atoms with Gasteiger partial charge in [0.05, 0.1) is 13.7 Å². The molecule has 108 valence electrons. The van der Waals surface area contributed by atoms with Gasteiger partial charge in [0, 0.05) is 0 Å². The Morgan fingerprint density at radius 2 is 1.42 bits per heavy atom. The van der Waals surface area contributed by atoms with Gasteiger partial charge in [-0.1, -0.05) is 69.2 Å². The van der Waals surface area contributed by atoms with E-state index in [-0.39, 0.29) is 0 Å². The predicted molar refractivity (Wildman–Crippen MR) is 87.4 cm³/mol. The van der Waals surface area contributed by atoms with E-state index in [2.05, 4.69) is 45.0 Å². The van der Waals surface area contributed by atoms with Crippen LogP contribution in [0.5, 0.6) is 0 Å². The van der Waals surface area contributed by atoms with E-state index in [4.69, 9.17) is 0 Å². The van der Waals surface area contributed by atoms with Crippen LogP contribution in [0.1, 0.15) is 45.7 Å². The van der Waals surface area contributed by atoms with Gasteiger partial charge in [-0.15, -0.1) is 0 Å². The molecule has 0 aliphatic heterocycles. The van der Waals surface area contributed by atoms with Crippen molar-refractivity contribution in [3.8, 4) is 0 Å². The van der Waals surface area contributed by atoms with Crippen LogP contribution in [-0.2, 0) is 12.0 Å². The number of rotatable bonds is 7. The highest BCUT2D eigenvalue weighted by molar-refractivity contribution is 6.79. The molecule has 0 atom stereocenters. The highest BCUT2D eigenvalue weighted by Crippen LogP contribution is 2.27. The SMILES string of the molecule is CC[Si](CC)(CC)CCc1ccc(C(C)(C)O)cc1. The largest absolute Gasteiger partial charge is 0.386 e. The molecule has 0 aliphatic carbocycles. The van der Waals surface area contributed by atoms with Gasteiger partial charge in [-0.3, -0.25) is 0 Å². The molecule has 2 heteroatoms. The summed E-state index contributed by atoms with van der Waals surface area (Å²) in [7, 11) is -1.000. The average Bonchev–Trinajstić information content (AvgIpc) is 2.40. The summed E-state index contributed by atoms with van der Waals surface area (Å²) in [5, 5.41) is 9.96. The fraction of sp³-hybridized carbons (Fsp3) is 0.647. The first-order valence-corrected chi connectivity index (χ1v) is 10.5. The van der Waals surface area contributed by atoms with E-state index in [0.29, 0.717) is 0 Å². The Bertz CT molecular complexity index is 363. The quantitative estimate of drug-likeness (QED) is 0.699. The van der Waals surface area contributed by atoms with Crippen molar-refractivity contribution in [2.24, 2.45) is 0 Å². The molecule has 0 heterocycles. The topological polar surface area (TPSA) is 20.2 Å². The second-order valence-corrected chi connectivity index (χ2v) is 11.9. The molecule has 1 N–H and O–H groups in total. The summed E-state index contributed by atoms with van der Waals surface area (Å²) in [6.07, 6.45) is 1.20. The molecule has 1 nitrogen and oxygen atoms in total. The van der Waals surface area contributed by atoms with E-state index < -0.39 is 13.7 Å². The summed E-state index contributed by atoms with van der Waals surface area (Å²) in [6.45, 7) is 10.8. The first-order valence-electron chi connectivity index (χ1n) is 7.68. The monoisotopic (exact) mass is 278 g/mol. The Balaban J connectivity index is 2.69. The molecule has 1 rings (SSSR count). The van der Waals surface area contributed by atoms with Gasteiger partial charge >= 0.3 is 0 Å². The lowest BCUT2D eigenvalue weighted by atomic mass is 9.97. The zero-order valence-corrected chi connectivity index (χ0v) is 14.3. The van der Waals surface area contributed by atoms with E-state index in [9.17, 15) is 5.11 Å². The van der Waals surface area contributed by atoms with Gasteiger partial charge in [-0.2, -0.15) is 0 Å². The van der Waals surface area contributed by atoms with Crippen molar-refractivity contribution in [3.63, 3.8) is 0 Å². The second kappa shape index (κ2) is 6.71. The lowest BCUT2D eigenvalue weighted by molar-refractivity contribution is 0.0786. The molecule has 0 saturated carbocycles. The molecule has 0 aromatic heterocycles. The van der Waals surface area contributed by atoms with Gasteiger partial charge in [0.2, 0.25) is 0 Å². The number of aliphatic hydroxyl groups is 1. The second-order valence-electron chi connectivity index (χ2n) is 6.32. The van der Waals surface area contributed by atoms with Crippen LogP contribution in [0.3, 0.4) is 0 Å². The molecule has 1 aromatic carbocycles. The minimum absolute atomic E-state index is 0.729. The third-order valence-electron chi connectivity index (χ3n) is 4.85. The summed E-state index contributed by atoms with van der Waals surface area (Å²) in [4.78, 5) is 0. The van der Waals surface area contributed by atoms with Gasteiger partial charge in [0.25, 0.3) is 0 Å². The fourth-order valence-corrected chi connectivity index (χ4v) is 6.15. The molecule has 0 amide bonds. The van der Waals surface area contributed by atoms with E-state index in [1.807, 2.05) is 13.8 Å². The molecule has 0 fully saturated rings. The van der Waals surface area contributed by atoms with Crippen molar-refractivity contribution in [2.75, 3.05) is 0 Å². The van der Waals surface area contributed by atoms with Crippen LogP contribution >= 0.6 is 0 Å². The molecule has 19 heavy (non-hydrogen) atoms. The fourth-order valence-electron chi connectivity index (χ4n) is 2.77. The van der Waals surface area contributed by atoms with Crippen LogP contribution in [-0.4, -0.2) is 13.2 Å². The first kappa shape index (κ1) is 16.5. The Hall–Kier alpha value is -0.603. The molecule has 0 saturated heterocycles.